The van der Waals surface area contributed by atoms with Crippen LogP contribution in [0.2, 0.25) is 0 Å². The molecule has 0 aliphatic heterocycles. The SMILES string of the molecule is N#COc1ccc(CC(NC(=O)c2ccc(N=C=O)cc2)C(=O)Oc2ccc(N=C=O)cc2)cc1. The molecule has 3 aromatic rings. The normalized spacial score (nSPS) is 10.5. The van der Waals surface area contributed by atoms with Gasteiger partial charge in [-0.1, -0.05) is 12.1 Å². The van der Waals surface area contributed by atoms with Crippen LogP contribution >= 0.6 is 0 Å². The smallest absolute Gasteiger partial charge is 0.334 e. The summed E-state index contributed by atoms with van der Waals surface area (Å²) in [6.07, 6.45) is 4.48. The van der Waals surface area contributed by atoms with Gasteiger partial charge in [0.2, 0.25) is 12.2 Å². The Bertz CT molecular complexity index is 1330. The molecule has 0 aliphatic rings. The summed E-state index contributed by atoms with van der Waals surface area (Å²) >= 11 is 0. The number of nitrogens with one attached hydrogen (secondary N) is 1. The Morgan fingerprint density at radius 2 is 1.37 bits per heavy atom. The summed E-state index contributed by atoms with van der Waals surface area (Å²) in [5.41, 5.74) is 1.58. The molecule has 1 N–H and O–H groups in total. The second-order valence-corrected chi connectivity index (χ2v) is 6.94. The Morgan fingerprint density at radius 1 is 0.829 bits per heavy atom. The molecule has 0 spiro atoms. The Kier molecular flexibility index (Phi) is 8.36. The average molecular weight is 468 g/mol. The summed E-state index contributed by atoms with van der Waals surface area (Å²) in [6.45, 7) is 0. The Balaban J connectivity index is 1.80. The van der Waals surface area contributed by atoms with Gasteiger partial charge >= 0.3 is 5.97 Å². The summed E-state index contributed by atoms with van der Waals surface area (Å²) < 4.78 is 10.2. The van der Waals surface area contributed by atoms with Gasteiger partial charge in [0, 0.05) is 12.0 Å². The molecule has 0 aliphatic carbocycles. The molecule has 0 aromatic heterocycles. The second kappa shape index (κ2) is 12.0. The minimum Gasteiger partial charge on any atom is -0.425 e. The molecule has 1 atom stereocenters. The highest BCUT2D eigenvalue weighted by Gasteiger charge is 2.24. The summed E-state index contributed by atoms with van der Waals surface area (Å²) in [6, 6.07) is 17.0. The van der Waals surface area contributed by atoms with Crippen molar-refractivity contribution in [3.8, 4) is 17.8 Å². The lowest BCUT2D eigenvalue weighted by atomic mass is 10.0. The zero-order valence-electron chi connectivity index (χ0n) is 18.0. The summed E-state index contributed by atoms with van der Waals surface area (Å²) in [7, 11) is 0. The molecule has 10 nitrogen and oxygen atoms in total. The molecule has 1 amide bonds. The average Bonchev–Trinajstić information content (AvgIpc) is 2.87. The lowest BCUT2D eigenvalue weighted by Gasteiger charge is -2.18. The number of hydrogen-bond donors (Lipinski definition) is 1. The molecule has 3 aromatic carbocycles. The van der Waals surface area contributed by atoms with Gasteiger partial charge in [-0.15, -0.1) is 5.26 Å². The zero-order chi connectivity index (χ0) is 25.0. The van der Waals surface area contributed by atoms with Crippen LogP contribution in [-0.4, -0.2) is 30.1 Å². The van der Waals surface area contributed by atoms with Crippen LogP contribution in [0.25, 0.3) is 0 Å². The van der Waals surface area contributed by atoms with Gasteiger partial charge in [0.1, 0.15) is 17.5 Å². The van der Waals surface area contributed by atoms with E-state index in [0.717, 1.165) is 0 Å². The highest BCUT2D eigenvalue weighted by atomic mass is 16.5. The van der Waals surface area contributed by atoms with Crippen LogP contribution < -0.4 is 14.8 Å². The van der Waals surface area contributed by atoms with Gasteiger partial charge < -0.3 is 14.8 Å². The predicted molar refractivity (Wildman–Crippen MR) is 122 cm³/mol. The lowest BCUT2D eigenvalue weighted by molar-refractivity contribution is -0.136. The number of nitrogens with zero attached hydrogens (tertiary/aromatic N) is 3. The van der Waals surface area contributed by atoms with Crippen molar-refractivity contribution in [1.29, 1.82) is 5.26 Å². The van der Waals surface area contributed by atoms with E-state index in [9.17, 15) is 19.2 Å². The fourth-order valence-corrected chi connectivity index (χ4v) is 2.99. The molecule has 172 valence electrons. The Morgan fingerprint density at radius 3 is 1.91 bits per heavy atom. The van der Waals surface area contributed by atoms with Gasteiger partial charge in [-0.3, -0.25) is 4.79 Å². The highest BCUT2D eigenvalue weighted by molar-refractivity contribution is 5.97. The van der Waals surface area contributed by atoms with Crippen molar-refractivity contribution in [3.63, 3.8) is 0 Å². The molecule has 0 heterocycles. The van der Waals surface area contributed by atoms with Crippen LogP contribution in [-0.2, 0) is 20.8 Å². The monoisotopic (exact) mass is 468 g/mol. The summed E-state index contributed by atoms with van der Waals surface area (Å²) in [5, 5.41) is 11.3. The maximum atomic E-state index is 13.0. The molecule has 3 rings (SSSR count). The molecule has 10 heteroatoms. The maximum Gasteiger partial charge on any atom is 0.334 e. The van der Waals surface area contributed by atoms with E-state index >= 15 is 0 Å². The molecule has 35 heavy (non-hydrogen) atoms. The second-order valence-electron chi connectivity index (χ2n) is 6.94. The van der Waals surface area contributed by atoms with Crippen molar-refractivity contribution in [2.45, 2.75) is 12.5 Å². The Hall–Kier alpha value is -5.35. The number of nitriles is 1. The van der Waals surface area contributed by atoms with E-state index in [1.165, 1.54) is 60.7 Å². The zero-order valence-corrected chi connectivity index (χ0v) is 18.0. The third kappa shape index (κ3) is 7.07. The molecular weight excluding hydrogens is 452 g/mol. The van der Waals surface area contributed by atoms with E-state index in [1.54, 1.807) is 30.5 Å². The van der Waals surface area contributed by atoms with E-state index in [1.807, 2.05) is 0 Å². The van der Waals surface area contributed by atoms with Crippen LogP contribution in [0.5, 0.6) is 11.5 Å². The number of esters is 1. The van der Waals surface area contributed by atoms with E-state index in [4.69, 9.17) is 14.7 Å². The van der Waals surface area contributed by atoms with Gasteiger partial charge in [0.25, 0.3) is 12.2 Å². The van der Waals surface area contributed by atoms with Crippen molar-refractivity contribution < 1.29 is 28.7 Å². The third-order valence-corrected chi connectivity index (χ3v) is 4.65. The minimum absolute atomic E-state index is 0.0818. The molecule has 0 radical (unpaired) electrons. The van der Waals surface area contributed by atoms with Gasteiger partial charge in [-0.05, 0) is 66.2 Å². The first-order chi connectivity index (χ1) is 17.0. The van der Waals surface area contributed by atoms with E-state index in [2.05, 4.69) is 15.3 Å². The van der Waals surface area contributed by atoms with Gasteiger partial charge in [-0.25, -0.2) is 14.4 Å². The topological polar surface area (TPSA) is 147 Å². The first-order valence-electron chi connectivity index (χ1n) is 10.1. The number of carbonyl (C=O) groups excluding carboxylic acids is 4. The Labute approximate surface area is 199 Å². The number of carbonyl (C=O) groups is 2. The molecular formula is C25H16N4O6. The van der Waals surface area contributed by atoms with Gasteiger partial charge in [0.05, 0.1) is 11.4 Å². The van der Waals surface area contributed by atoms with Crippen molar-refractivity contribution in [3.05, 3.63) is 83.9 Å². The number of hydrogen-bond acceptors (Lipinski definition) is 9. The van der Waals surface area contributed by atoms with Crippen molar-refractivity contribution >= 4 is 35.4 Å². The number of ether oxygens (including phenoxy) is 2. The summed E-state index contributed by atoms with van der Waals surface area (Å²) in [5.74, 6) is -0.762. The van der Waals surface area contributed by atoms with Crippen LogP contribution in [0, 0.1) is 11.5 Å². The molecule has 0 saturated carbocycles. The lowest BCUT2D eigenvalue weighted by Crippen LogP contribution is -2.44. The van der Waals surface area contributed by atoms with Crippen LogP contribution in [0.4, 0.5) is 11.4 Å². The standard InChI is InChI=1S/C25H16N4O6/c26-14-34-21-9-1-17(2-10-21)13-23(25(33)35-22-11-7-20(8-12-22)28-16-31)29-24(32)18-3-5-19(6-4-18)27-15-30/h1-12,23H,13H2,(H,29,32). The number of rotatable bonds is 9. The number of aliphatic imine (C=N–C) groups is 2. The van der Waals surface area contributed by atoms with E-state index in [0.29, 0.717) is 22.7 Å². The van der Waals surface area contributed by atoms with Crippen molar-refractivity contribution in [2.24, 2.45) is 9.98 Å². The quantitative estimate of drug-likeness (QED) is 0.166. The largest absolute Gasteiger partial charge is 0.425 e. The fourth-order valence-electron chi connectivity index (χ4n) is 2.99. The molecule has 0 fully saturated rings. The van der Waals surface area contributed by atoms with Gasteiger partial charge in [-0.2, -0.15) is 9.98 Å². The van der Waals surface area contributed by atoms with E-state index < -0.39 is 17.9 Å². The van der Waals surface area contributed by atoms with E-state index in [-0.39, 0.29) is 17.7 Å². The molecule has 0 saturated heterocycles. The minimum atomic E-state index is -1.08. The first kappa shape index (κ1) is 24.3. The molecule has 1 unspecified atom stereocenters. The highest BCUT2D eigenvalue weighted by Crippen LogP contribution is 2.19. The third-order valence-electron chi connectivity index (χ3n) is 4.65. The van der Waals surface area contributed by atoms with Crippen molar-refractivity contribution in [2.75, 3.05) is 0 Å². The van der Waals surface area contributed by atoms with Gasteiger partial charge in [0.15, 0.2) is 0 Å². The number of benzene rings is 3. The first-order valence-corrected chi connectivity index (χ1v) is 10.1. The molecule has 0 bridgehead atoms. The maximum absolute atomic E-state index is 13.0. The predicted octanol–water partition coefficient (Wildman–Crippen LogP) is 3.43. The summed E-state index contributed by atoms with van der Waals surface area (Å²) in [4.78, 5) is 53.4. The van der Waals surface area contributed by atoms with Crippen LogP contribution in [0.1, 0.15) is 15.9 Å². The van der Waals surface area contributed by atoms with Crippen LogP contribution in [0.3, 0.4) is 0 Å². The number of amides is 1. The fraction of sp³-hybridized carbons (Fsp3) is 0.0800. The van der Waals surface area contributed by atoms with Crippen molar-refractivity contribution in [1.82, 2.24) is 5.32 Å². The van der Waals surface area contributed by atoms with Crippen LogP contribution in [0.15, 0.2) is 82.8 Å². The number of isocyanates is 2.